The SMILES string of the molecule is CC[C@H](N)C1(O)CNC1C(=O)c1nn(C)c(=O)cc1Nc1ccc(Br)cc1F. The monoisotopic (exact) mass is 453 g/mol. The third-order valence-corrected chi connectivity index (χ3v) is 5.45. The standard InChI is InChI=1S/C18H21BrFN5O3/c1-3-13(21)18(28)8-22-17(18)16(27)15-12(7-14(26)25(2)24-15)23-11-5-4-9(19)6-10(11)20/h4-7,13,17,22-23,28H,3,8,21H2,1-2H3/t13-,17?,18?/m0/s1. The van der Waals surface area contributed by atoms with E-state index in [1.54, 1.807) is 6.07 Å². The number of aromatic nitrogens is 2. The van der Waals surface area contributed by atoms with Crippen molar-refractivity contribution in [1.82, 2.24) is 15.1 Å². The number of anilines is 2. The number of hydrogen-bond acceptors (Lipinski definition) is 7. The number of Topliss-reactive ketones (excluding diaryl/α,β-unsaturated/α-hetero) is 1. The average Bonchev–Trinajstić information content (AvgIpc) is 2.64. The number of β-amino-alcohol motifs (C(OH)–C–C–N with tert-alkyl or cyclic N) is 1. The lowest BCUT2D eigenvalue weighted by molar-refractivity contribution is -0.0653. The summed E-state index contributed by atoms with van der Waals surface area (Å²) in [5.74, 6) is -1.10. The van der Waals surface area contributed by atoms with Crippen molar-refractivity contribution in [1.29, 1.82) is 0 Å². The number of rotatable bonds is 6. The van der Waals surface area contributed by atoms with Gasteiger partial charge in [0, 0.05) is 30.2 Å². The predicted octanol–water partition coefficient (Wildman–Crippen LogP) is 1.05. The summed E-state index contributed by atoms with van der Waals surface area (Å²) in [5, 5.41) is 20.4. The van der Waals surface area contributed by atoms with Gasteiger partial charge in [0.05, 0.1) is 11.4 Å². The van der Waals surface area contributed by atoms with Gasteiger partial charge in [0.15, 0.2) is 5.69 Å². The van der Waals surface area contributed by atoms with Crippen LogP contribution in [0.25, 0.3) is 0 Å². The summed E-state index contributed by atoms with van der Waals surface area (Å²) in [6.07, 6.45) is 0.484. The molecular weight excluding hydrogens is 433 g/mol. The highest BCUT2D eigenvalue weighted by Crippen LogP contribution is 2.29. The first-order valence-corrected chi connectivity index (χ1v) is 9.52. The number of ketones is 1. The summed E-state index contributed by atoms with van der Waals surface area (Å²) in [5.41, 5.74) is 4.13. The predicted molar refractivity (Wildman–Crippen MR) is 106 cm³/mol. The molecule has 150 valence electrons. The van der Waals surface area contributed by atoms with Crippen molar-refractivity contribution in [3.05, 3.63) is 50.6 Å². The van der Waals surface area contributed by atoms with E-state index in [0.717, 1.165) is 4.68 Å². The Kier molecular flexibility index (Phi) is 5.67. The van der Waals surface area contributed by atoms with Crippen LogP contribution in [0.15, 0.2) is 33.5 Å². The van der Waals surface area contributed by atoms with E-state index in [1.165, 1.54) is 25.2 Å². The van der Waals surface area contributed by atoms with E-state index in [2.05, 4.69) is 31.7 Å². The van der Waals surface area contributed by atoms with Gasteiger partial charge in [0.2, 0.25) is 5.78 Å². The van der Waals surface area contributed by atoms with Gasteiger partial charge in [-0.05, 0) is 24.6 Å². The van der Waals surface area contributed by atoms with E-state index in [4.69, 9.17) is 5.73 Å². The Hall–Kier alpha value is -2.14. The Morgan fingerprint density at radius 3 is 2.82 bits per heavy atom. The van der Waals surface area contributed by atoms with Crippen molar-refractivity contribution in [3.63, 3.8) is 0 Å². The molecule has 1 aliphatic rings. The highest BCUT2D eigenvalue weighted by molar-refractivity contribution is 9.10. The van der Waals surface area contributed by atoms with Gasteiger partial charge in [-0.1, -0.05) is 22.9 Å². The lowest BCUT2D eigenvalue weighted by Crippen LogP contribution is -2.77. The number of halogens is 2. The smallest absolute Gasteiger partial charge is 0.268 e. The lowest BCUT2D eigenvalue weighted by Gasteiger charge is -2.48. The Balaban J connectivity index is 2.00. The van der Waals surface area contributed by atoms with Crippen molar-refractivity contribution >= 4 is 33.1 Å². The lowest BCUT2D eigenvalue weighted by atomic mass is 9.76. The van der Waals surface area contributed by atoms with Gasteiger partial charge < -0.3 is 21.5 Å². The molecule has 1 aromatic heterocycles. The maximum atomic E-state index is 14.2. The Bertz CT molecular complexity index is 982. The molecule has 0 aliphatic carbocycles. The minimum Gasteiger partial charge on any atom is -0.385 e. The number of nitrogens with two attached hydrogens (primary N) is 1. The molecule has 2 aromatic rings. The van der Waals surface area contributed by atoms with Crippen LogP contribution in [0.1, 0.15) is 23.8 Å². The molecule has 1 fully saturated rings. The highest BCUT2D eigenvalue weighted by atomic mass is 79.9. The van der Waals surface area contributed by atoms with Crippen LogP contribution in [0.3, 0.4) is 0 Å². The number of benzene rings is 1. The molecule has 1 aliphatic heterocycles. The second-order valence-corrected chi connectivity index (χ2v) is 7.72. The van der Waals surface area contributed by atoms with Gasteiger partial charge in [-0.3, -0.25) is 9.59 Å². The van der Waals surface area contributed by atoms with E-state index < -0.39 is 34.8 Å². The van der Waals surface area contributed by atoms with Gasteiger partial charge in [-0.15, -0.1) is 0 Å². The molecule has 0 radical (unpaired) electrons. The molecular formula is C18H21BrFN5O3. The number of aryl methyl sites for hydroxylation is 1. The number of hydrogen-bond donors (Lipinski definition) is 4. The van der Waals surface area contributed by atoms with Crippen LogP contribution in [-0.4, -0.2) is 44.9 Å². The van der Waals surface area contributed by atoms with Crippen LogP contribution in [0.2, 0.25) is 0 Å². The summed E-state index contributed by atoms with van der Waals surface area (Å²) >= 11 is 3.17. The van der Waals surface area contributed by atoms with Crippen LogP contribution < -0.4 is 21.9 Å². The zero-order chi connectivity index (χ0) is 20.6. The average molecular weight is 454 g/mol. The van der Waals surface area contributed by atoms with E-state index in [-0.39, 0.29) is 23.6 Å². The van der Waals surface area contributed by atoms with Crippen LogP contribution >= 0.6 is 15.9 Å². The topological polar surface area (TPSA) is 122 Å². The highest BCUT2D eigenvalue weighted by Gasteiger charge is 2.53. The van der Waals surface area contributed by atoms with Crippen LogP contribution in [0.4, 0.5) is 15.8 Å². The number of aliphatic hydroxyl groups is 1. The molecule has 0 spiro atoms. The largest absolute Gasteiger partial charge is 0.385 e. The quantitative estimate of drug-likeness (QED) is 0.482. The Morgan fingerprint density at radius 1 is 1.54 bits per heavy atom. The summed E-state index contributed by atoms with van der Waals surface area (Å²) in [6, 6.07) is 3.94. The Labute approximate surface area is 169 Å². The second-order valence-electron chi connectivity index (χ2n) is 6.80. The molecule has 3 atom stereocenters. The van der Waals surface area contributed by atoms with Crippen LogP contribution in [0.5, 0.6) is 0 Å². The third-order valence-electron chi connectivity index (χ3n) is 4.96. The van der Waals surface area contributed by atoms with Gasteiger partial charge in [0.1, 0.15) is 17.5 Å². The summed E-state index contributed by atoms with van der Waals surface area (Å²) in [6.45, 7) is 1.99. The second kappa shape index (κ2) is 7.70. The Morgan fingerprint density at radius 2 is 2.25 bits per heavy atom. The normalized spacial score (nSPS) is 22.4. The van der Waals surface area contributed by atoms with Gasteiger partial charge >= 0.3 is 0 Å². The van der Waals surface area contributed by atoms with Crippen molar-refractivity contribution in [2.75, 3.05) is 11.9 Å². The van der Waals surface area contributed by atoms with Crippen molar-refractivity contribution in [3.8, 4) is 0 Å². The molecule has 10 heteroatoms. The maximum absolute atomic E-state index is 14.2. The molecule has 3 rings (SSSR count). The third kappa shape index (κ3) is 3.60. The molecule has 5 N–H and O–H groups in total. The van der Waals surface area contributed by atoms with Crippen molar-refractivity contribution in [2.24, 2.45) is 12.8 Å². The van der Waals surface area contributed by atoms with E-state index in [9.17, 15) is 19.1 Å². The molecule has 28 heavy (non-hydrogen) atoms. The molecule has 2 unspecified atom stereocenters. The summed E-state index contributed by atoms with van der Waals surface area (Å²) in [4.78, 5) is 25.1. The van der Waals surface area contributed by atoms with Crippen molar-refractivity contribution < 1.29 is 14.3 Å². The van der Waals surface area contributed by atoms with Crippen LogP contribution in [0, 0.1) is 5.82 Å². The zero-order valence-electron chi connectivity index (χ0n) is 15.4. The number of nitrogens with zero attached hydrogens (tertiary/aromatic N) is 2. The molecule has 0 bridgehead atoms. The molecule has 1 aromatic carbocycles. The van der Waals surface area contributed by atoms with Crippen LogP contribution in [-0.2, 0) is 7.05 Å². The van der Waals surface area contributed by atoms with E-state index >= 15 is 0 Å². The molecule has 0 saturated carbocycles. The minimum absolute atomic E-state index is 0.0513. The zero-order valence-corrected chi connectivity index (χ0v) is 17.0. The molecule has 2 heterocycles. The van der Waals surface area contributed by atoms with Gasteiger partial charge in [-0.25, -0.2) is 9.07 Å². The maximum Gasteiger partial charge on any atom is 0.268 e. The molecule has 0 amide bonds. The van der Waals surface area contributed by atoms with E-state index in [1.807, 2.05) is 6.92 Å². The molecule has 1 saturated heterocycles. The van der Waals surface area contributed by atoms with Gasteiger partial charge in [-0.2, -0.15) is 5.10 Å². The summed E-state index contributed by atoms with van der Waals surface area (Å²) < 4.78 is 15.8. The number of carbonyl (C=O) groups excluding carboxylic acids is 1. The summed E-state index contributed by atoms with van der Waals surface area (Å²) in [7, 11) is 1.40. The minimum atomic E-state index is -1.41. The molecule has 8 nitrogen and oxygen atoms in total. The number of carbonyl (C=O) groups is 1. The van der Waals surface area contributed by atoms with E-state index in [0.29, 0.717) is 10.9 Å². The first-order valence-electron chi connectivity index (χ1n) is 8.73. The fourth-order valence-corrected chi connectivity index (χ4v) is 3.45. The first-order chi connectivity index (χ1) is 13.2. The van der Waals surface area contributed by atoms with Gasteiger partial charge in [0.25, 0.3) is 5.56 Å². The first kappa shape index (κ1) is 20.6. The fourth-order valence-electron chi connectivity index (χ4n) is 3.12. The fraction of sp³-hybridized carbons (Fsp3) is 0.389. The number of nitrogens with one attached hydrogen (secondary N) is 2. The van der Waals surface area contributed by atoms with Crippen molar-refractivity contribution in [2.45, 2.75) is 31.0 Å².